The van der Waals surface area contributed by atoms with Gasteiger partial charge in [-0.25, -0.2) is 9.37 Å². The van der Waals surface area contributed by atoms with E-state index in [9.17, 15) is 4.39 Å². The Kier molecular flexibility index (Phi) is 5.69. The van der Waals surface area contributed by atoms with Crippen molar-refractivity contribution in [3.05, 3.63) is 59.5 Å². The molecule has 1 heterocycles. The number of nitrogens with zero attached hydrogens (tertiary/aromatic N) is 1. The number of pyridine rings is 1. The highest BCUT2D eigenvalue weighted by Gasteiger charge is 2.12. The van der Waals surface area contributed by atoms with Crippen molar-refractivity contribution in [2.24, 2.45) is 0 Å². The minimum atomic E-state index is -0.344. The number of benzene rings is 1. The minimum Gasteiger partial charge on any atom is -0.470 e. The van der Waals surface area contributed by atoms with Gasteiger partial charge < -0.3 is 10.1 Å². The fraction of sp³-hybridized carbons (Fsp3) is 0.353. The molecular weight excluding hydrogens is 267 g/mol. The molecule has 1 unspecified atom stereocenters. The summed E-state index contributed by atoms with van der Waals surface area (Å²) in [5.41, 5.74) is 1.81. The van der Waals surface area contributed by atoms with Gasteiger partial charge in [-0.05, 0) is 31.5 Å². The molecular formula is C17H21FN2O. The van der Waals surface area contributed by atoms with Gasteiger partial charge in [0.05, 0.1) is 6.20 Å². The second-order valence-electron chi connectivity index (χ2n) is 4.97. The van der Waals surface area contributed by atoms with Crippen molar-refractivity contribution in [2.75, 3.05) is 6.54 Å². The summed E-state index contributed by atoms with van der Waals surface area (Å²) in [5, 5.41) is 3.25. The molecule has 0 amide bonds. The van der Waals surface area contributed by atoms with E-state index in [2.05, 4.69) is 17.2 Å². The molecule has 0 fully saturated rings. The molecule has 2 aromatic rings. The van der Waals surface area contributed by atoms with E-state index in [1.54, 1.807) is 0 Å². The maximum atomic E-state index is 13.4. The van der Waals surface area contributed by atoms with Crippen molar-refractivity contribution in [3.63, 3.8) is 0 Å². The lowest BCUT2D eigenvalue weighted by Crippen LogP contribution is -2.16. The van der Waals surface area contributed by atoms with Gasteiger partial charge in [0.15, 0.2) is 0 Å². The molecule has 0 aliphatic carbocycles. The lowest BCUT2D eigenvalue weighted by atomic mass is 10.1. The maximum absolute atomic E-state index is 13.4. The van der Waals surface area contributed by atoms with E-state index in [4.69, 9.17) is 4.74 Å². The predicted octanol–water partition coefficient (Wildman–Crippen LogP) is 3.86. The summed E-state index contributed by atoms with van der Waals surface area (Å²) in [7, 11) is 0. The Morgan fingerprint density at radius 3 is 2.76 bits per heavy atom. The quantitative estimate of drug-likeness (QED) is 0.786. The molecule has 0 bridgehead atoms. The molecule has 112 valence electrons. The molecule has 1 N–H and O–H groups in total. The van der Waals surface area contributed by atoms with Gasteiger partial charge in [-0.2, -0.15) is 0 Å². The Morgan fingerprint density at radius 1 is 1.29 bits per heavy atom. The second-order valence-corrected chi connectivity index (χ2v) is 4.97. The van der Waals surface area contributed by atoms with Gasteiger partial charge in [0, 0.05) is 12.1 Å². The molecule has 21 heavy (non-hydrogen) atoms. The largest absolute Gasteiger partial charge is 0.470 e. The van der Waals surface area contributed by atoms with Crippen molar-refractivity contribution in [2.45, 2.75) is 32.9 Å². The monoisotopic (exact) mass is 288 g/mol. The van der Waals surface area contributed by atoms with E-state index in [1.165, 1.54) is 12.3 Å². The number of rotatable bonds is 7. The number of nitrogens with one attached hydrogen (secondary N) is 1. The number of hydrogen-bond acceptors (Lipinski definition) is 3. The Hall–Kier alpha value is -1.94. The van der Waals surface area contributed by atoms with Crippen LogP contribution in [0.25, 0.3) is 0 Å². The first-order valence-electron chi connectivity index (χ1n) is 7.27. The predicted molar refractivity (Wildman–Crippen MR) is 81.7 cm³/mol. The van der Waals surface area contributed by atoms with Crippen LogP contribution in [-0.2, 0) is 6.54 Å². The molecule has 2 rings (SSSR count). The SMILES string of the molecule is CCCNCc1cc(F)cnc1OC(C)c1ccccc1. The van der Waals surface area contributed by atoms with Crippen LogP contribution in [0.5, 0.6) is 5.88 Å². The first-order chi connectivity index (χ1) is 10.2. The average molecular weight is 288 g/mol. The van der Waals surface area contributed by atoms with Gasteiger partial charge in [0.2, 0.25) is 5.88 Å². The summed E-state index contributed by atoms with van der Waals surface area (Å²) in [6.07, 6.45) is 2.09. The maximum Gasteiger partial charge on any atom is 0.218 e. The lowest BCUT2D eigenvalue weighted by Gasteiger charge is -2.17. The van der Waals surface area contributed by atoms with Gasteiger partial charge >= 0.3 is 0 Å². The van der Waals surface area contributed by atoms with Crippen LogP contribution in [0.1, 0.15) is 37.5 Å². The van der Waals surface area contributed by atoms with E-state index < -0.39 is 0 Å². The molecule has 0 saturated carbocycles. The fourth-order valence-corrected chi connectivity index (χ4v) is 2.06. The molecule has 0 saturated heterocycles. The zero-order valence-corrected chi connectivity index (χ0v) is 12.5. The smallest absolute Gasteiger partial charge is 0.218 e. The number of hydrogen-bond donors (Lipinski definition) is 1. The highest BCUT2D eigenvalue weighted by atomic mass is 19.1. The van der Waals surface area contributed by atoms with Crippen molar-refractivity contribution >= 4 is 0 Å². The van der Waals surface area contributed by atoms with Crippen LogP contribution in [0.15, 0.2) is 42.6 Å². The van der Waals surface area contributed by atoms with E-state index in [0.29, 0.717) is 12.4 Å². The third-order valence-electron chi connectivity index (χ3n) is 3.19. The number of ether oxygens (including phenoxy) is 1. The standard InChI is InChI=1S/C17H21FN2O/c1-3-9-19-11-15-10-16(18)12-20-17(15)21-13(2)14-7-5-4-6-8-14/h4-8,10,12-13,19H,3,9,11H2,1-2H3. The summed E-state index contributed by atoms with van der Waals surface area (Å²) in [6, 6.07) is 11.4. The second kappa shape index (κ2) is 7.74. The number of aromatic nitrogens is 1. The van der Waals surface area contributed by atoms with Crippen molar-refractivity contribution in [1.29, 1.82) is 0 Å². The fourth-order valence-electron chi connectivity index (χ4n) is 2.06. The van der Waals surface area contributed by atoms with Gasteiger partial charge in [-0.15, -0.1) is 0 Å². The molecule has 1 atom stereocenters. The molecule has 0 aliphatic heterocycles. The Bertz CT molecular complexity index is 560. The van der Waals surface area contributed by atoms with Crippen molar-refractivity contribution in [1.82, 2.24) is 10.3 Å². The summed E-state index contributed by atoms with van der Waals surface area (Å²) in [6.45, 7) is 5.48. The summed E-state index contributed by atoms with van der Waals surface area (Å²) in [5.74, 6) is 0.138. The van der Waals surface area contributed by atoms with Crippen LogP contribution in [0, 0.1) is 5.82 Å². The van der Waals surface area contributed by atoms with Crippen LogP contribution >= 0.6 is 0 Å². The van der Waals surface area contributed by atoms with E-state index in [0.717, 1.165) is 24.1 Å². The summed E-state index contributed by atoms with van der Waals surface area (Å²) < 4.78 is 19.3. The molecule has 0 spiro atoms. The van der Waals surface area contributed by atoms with Crippen molar-refractivity contribution < 1.29 is 9.13 Å². The third kappa shape index (κ3) is 4.53. The average Bonchev–Trinajstić information content (AvgIpc) is 2.51. The molecule has 1 aromatic carbocycles. The number of halogens is 1. The van der Waals surface area contributed by atoms with Gasteiger partial charge in [0.25, 0.3) is 0 Å². The van der Waals surface area contributed by atoms with Gasteiger partial charge in [-0.1, -0.05) is 37.3 Å². The van der Waals surface area contributed by atoms with Crippen LogP contribution in [-0.4, -0.2) is 11.5 Å². The topological polar surface area (TPSA) is 34.2 Å². The van der Waals surface area contributed by atoms with E-state index >= 15 is 0 Å². The van der Waals surface area contributed by atoms with E-state index in [1.807, 2.05) is 37.3 Å². The Labute approximate surface area is 125 Å². The van der Waals surface area contributed by atoms with Gasteiger partial charge in [0.1, 0.15) is 11.9 Å². The zero-order chi connectivity index (χ0) is 15.1. The first-order valence-corrected chi connectivity index (χ1v) is 7.27. The summed E-state index contributed by atoms with van der Waals surface area (Å²) in [4.78, 5) is 4.09. The zero-order valence-electron chi connectivity index (χ0n) is 12.5. The molecule has 3 nitrogen and oxygen atoms in total. The lowest BCUT2D eigenvalue weighted by molar-refractivity contribution is 0.214. The van der Waals surface area contributed by atoms with Crippen molar-refractivity contribution in [3.8, 4) is 5.88 Å². The van der Waals surface area contributed by atoms with Crippen LogP contribution in [0.3, 0.4) is 0 Å². The third-order valence-corrected chi connectivity index (χ3v) is 3.19. The molecule has 1 aromatic heterocycles. The Balaban J connectivity index is 2.11. The molecule has 0 aliphatic rings. The Morgan fingerprint density at radius 2 is 2.05 bits per heavy atom. The van der Waals surface area contributed by atoms with Gasteiger partial charge in [-0.3, -0.25) is 0 Å². The first kappa shape index (κ1) is 15.4. The minimum absolute atomic E-state index is 0.130. The normalized spacial score (nSPS) is 12.1. The highest BCUT2D eigenvalue weighted by molar-refractivity contribution is 5.27. The van der Waals surface area contributed by atoms with Crippen LogP contribution < -0.4 is 10.1 Å². The summed E-state index contributed by atoms with van der Waals surface area (Å²) >= 11 is 0. The van der Waals surface area contributed by atoms with E-state index in [-0.39, 0.29) is 11.9 Å². The highest BCUT2D eigenvalue weighted by Crippen LogP contribution is 2.23. The molecule has 0 radical (unpaired) electrons. The molecule has 4 heteroatoms. The van der Waals surface area contributed by atoms with Crippen LogP contribution in [0.2, 0.25) is 0 Å². The van der Waals surface area contributed by atoms with Crippen LogP contribution in [0.4, 0.5) is 4.39 Å².